The molecule has 0 spiro atoms. The van der Waals surface area contributed by atoms with Crippen molar-refractivity contribution in [1.82, 2.24) is 5.32 Å². The monoisotopic (exact) mass is 293 g/mol. The summed E-state index contributed by atoms with van der Waals surface area (Å²) < 4.78 is 11.1. The van der Waals surface area contributed by atoms with Crippen LogP contribution in [0.4, 0.5) is 0 Å². The van der Waals surface area contributed by atoms with Gasteiger partial charge in [-0.1, -0.05) is 12.1 Å². The fourth-order valence-electron chi connectivity index (χ4n) is 2.04. The lowest BCUT2D eigenvalue weighted by atomic mass is 9.98. The van der Waals surface area contributed by atoms with E-state index in [2.05, 4.69) is 5.32 Å². The molecule has 1 heterocycles. The van der Waals surface area contributed by atoms with Gasteiger partial charge in [0.1, 0.15) is 6.61 Å². The summed E-state index contributed by atoms with van der Waals surface area (Å²) in [6.07, 6.45) is -0.389. The molecular formula is C15H19NO5. The van der Waals surface area contributed by atoms with Crippen LogP contribution in [-0.4, -0.2) is 35.2 Å². The van der Waals surface area contributed by atoms with E-state index in [0.717, 1.165) is 0 Å². The minimum atomic E-state index is -0.886. The van der Waals surface area contributed by atoms with Crippen molar-refractivity contribution in [3.8, 4) is 11.5 Å². The average molecular weight is 293 g/mol. The maximum Gasteiger partial charge on any atom is 0.303 e. The molecule has 1 aromatic rings. The molecule has 0 fully saturated rings. The second-order valence-corrected chi connectivity index (χ2v) is 5.63. The third-order valence-corrected chi connectivity index (χ3v) is 3.23. The van der Waals surface area contributed by atoms with E-state index in [9.17, 15) is 9.59 Å². The van der Waals surface area contributed by atoms with Gasteiger partial charge in [0.05, 0.1) is 0 Å². The molecule has 0 saturated heterocycles. The Kier molecular flexibility index (Phi) is 4.35. The summed E-state index contributed by atoms with van der Waals surface area (Å²) in [5.41, 5.74) is -0.615. The number of para-hydroxylation sites is 2. The molecule has 2 N–H and O–H groups in total. The SMILES string of the molecule is CC(C)(CCC(=O)O)NC(=O)C1COc2ccccc2O1. The first-order chi connectivity index (χ1) is 9.87. The van der Waals surface area contributed by atoms with Crippen molar-refractivity contribution in [3.05, 3.63) is 24.3 Å². The number of fused-ring (bicyclic) bond motifs is 1. The number of carbonyl (C=O) groups excluding carboxylic acids is 1. The number of benzene rings is 1. The Labute approximate surface area is 123 Å². The van der Waals surface area contributed by atoms with Gasteiger partial charge in [-0.2, -0.15) is 0 Å². The summed E-state index contributed by atoms with van der Waals surface area (Å²) in [7, 11) is 0. The van der Waals surface area contributed by atoms with Gasteiger partial charge in [0.15, 0.2) is 11.5 Å². The highest BCUT2D eigenvalue weighted by Gasteiger charge is 2.31. The molecule has 1 aliphatic rings. The standard InChI is InChI=1S/C15H19NO5/c1-15(2,8-7-13(17)18)16-14(19)12-9-20-10-5-3-4-6-11(10)21-12/h3-6,12H,7-9H2,1-2H3,(H,16,19)(H,17,18). The number of carboxylic acid groups (broad SMARTS) is 1. The Hall–Kier alpha value is -2.24. The van der Waals surface area contributed by atoms with E-state index in [-0.39, 0.29) is 18.9 Å². The molecule has 0 aromatic heterocycles. The Morgan fingerprint density at radius 3 is 2.67 bits per heavy atom. The zero-order valence-electron chi connectivity index (χ0n) is 12.1. The van der Waals surface area contributed by atoms with Gasteiger partial charge >= 0.3 is 5.97 Å². The highest BCUT2D eigenvalue weighted by atomic mass is 16.6. The van der Waals surface area contributed by atoms with Crippen LogP contribution in [0.2, 0.25) is 0 Å². The molecule has 0 aliphatic carbocycles. The molecule has 1 aromatic carbocycles. The molecule has 114 valence electrons. The van der Waals surface area contributed by atoms with Crippen LogP contribution in [0.1, 0.15) is 26.7 Å². The van der Waals surface area contributed by atoms with Crippen LogP contribution in [0.5, 0.6) is 11.5 Å². The van der Waals surface area contributed by atoms with Gasteiger partial charge in [-0.25, -0.2) is 0 Å². The number of hydrogen-bond donors (Lipinski definition) is 2. The summed E-state index contributed by atoms with van der Waals surface area (Å²) >= 11 is 0. The maximum absolute atomic E-state index is 12.2. The second kappa shape index (κ2) is 6.03. The van der Waals surface area contributed by atoms with E-state index in [1.54, 1.807) is 32.0 Å². The van der Waals surface area contributed by atoms with Crippen molar-refractivity contribution >= 4 is 11.9 Å². The molecule has 1 atom stereocenters. The Morgan fingerprint density at radius 2 is 2.00 bits per heavy atom. The smallest absolute Gasteiger partial charge is 0.303 e. The third kappa shape index (κ3) is 4.11. The molecule has 1 amide bonds. The van der Waals surface area contributed by atoms with Gasteiger partial charge in [-0.3, -0.25) is 9.59 Å². The largest absolute Gasteiger partial charge is 0.485 e. The van der Waals surface area contributed by atoms with Gasteiger partial charge < -0.3 is 19.9 Å². The number of ether oxygens (including phenoxy) is 2. The predicted molar refractivity (Wildman–Crippen MR) is 75.4 cm³/mol. The number of aliphatic carboxylic acids is 1. The lowest BCUT2D eigenvalue weighted by molar-refractivity contribution is -0.138. The van der Waals surface area contributed by atoms with Gasteiger partial charge in [0, 0.05) is 12.0 Å². The van der Waals surface area contributed by atoms with E-state index in [0.29, 0.717) is 17.9 Å². The van der Waals surface area contributed by atoms with Crippen LogP contribution in [0.25, 0.3) is 0 Å². The average Bonchev–Trinajstić information content (AvgIpc) is 2.44. The number of nitrogens with one attached hydrogen (secondary N) is 1. The Bertz CT molecular complexity index is 541. The normalized spacial score (nSPS) is 17.1. The molecule has 21 heavy (non-hydrogen) atoms. The number of carbonyl (C=O) groups is 2. The number of carboxylic acids is 1. The Balaban J connectivity index is 1.94. The van der Waals surface area contributed by atoms with Crippen molar-refractivity contribution in [3.63, 3.8) is 0 Å². The third-order valence-electron chi connectivity index (χ3n) is 3.23. The summed E-state index contributed by atoms with van der Waals surface area (Å²) in [6, 6.07) is 7.15. The second-order valence-electron chi connectivity index (χ2n) is 5.63. The van der Waals surface area contributed by atoms with Crippen LogP contribution in [-0.2, 0) is 9.59 Å². The van der Waals surface area contributed by atoms with Crippen molar-refractivity contribution < 1.29 is 24.2 Å². The lowest BCUT2D eigenvalue weighted by Crippen LogP contribution is -2.52. The molecule has 0 bridgehead atoms. The highest BCUT2D eigenvalue weighted by molar-refractivity contribution is 5.82. The van der Waals surface area contributed by atoms with Crippen molar-refractivity contribution in [2.75, 3.05) is 6.61 Å². The zero-order valence-corrected chi connectivity index (χ0v) is 12.1. The van der Waals surface area contributed by atoms with Crippen LogP contribution < -0.4 is 14.8 Å². The van der Waals surface area contributed by atoms with Crippen LogP contribution in [0.3, 0.4) is 0 Å². The molecule has 0 radical (unpaired) electrons. The predicted octanol–water partition coefficient (Wildman–Crippen LogP) is 1.59. The van der Waals surface area contributed by atoms with Crippen molar-refractivity contribution in [2.24, 2.45) is 0 Å². The van der Waals surface area contributed by atoms with Gasteiger partial charge in [0.2, 0.25) is 6.10 Å². The highest BCUT2D eigenvalue weighted by Crippen LogP contribution is 2.31. The summed E-state index contributed by atoms with van der Waals surface area (Å²) in [5.74, 6) is -0.0395. The van der Waals surface area contributed by atoms with Crippen molar-refractivity contribution in [1.29, 1.82) is 0 Å². The first-order valence-electron chi connectivity index (χ1n) is 6.80. The first kappa shape index (κ1) is 15.2. The quantitative estimate of drug-likeness (QED) is 0.861. The van der Waals surface area contributed by atoms with Crippen molar-refractivity contribution in [2.45, 2.75) is 38.3 Å². The fourth-order valence-corrected chi connectivity index (χ4v) is 2.04. The van der Waals surface area contributed by atoms with Gasteiger partial charge in [0.25, 0.3) is 5.91 Å². The topological polar surface area (TPSA) is 84.9 Å². The van der Waals surface area contributed by atoms with E-state index >= 15 is 0 Å². The molecular weight excluding hydrogens is 274 g/mol. The molecule has 1 aliphatic heterocycles. The summed E-state index contributed by atoms with van der Waals surface area (Å²) in [4.78, 5) is 22.8. The van der Waals surface area contributed by atoms with E-state index in [4.69, 9.17) is 14.6 Å². The first-order valence-corrected chi connectivity index (χ1v) is 6.80. The summed E-state index contributed by atoms with van der Waals surface area (Å²) in [6.45, 7) is 3.70. The minimum absolute atomic E-state index is 0.00185. The molecule has 1 unspecified atom stereocenters. The minimum Gasteiger partial charge on any atom is -0.485 e. The number of hydrogen-bond acceptors (Lipinski definition) is 4. The molecule has 6 heteroatoms. The maximum atomic E-state index is 12.2. The number of rotatable bonds is 5. The lowest BCUT2D eigenvalue weighted by Gasteiger charge is -2.30. The van der Waals surface area contributed by atoms with Gasteiger partial charge in [-0.05, 0) is 32.4 Å². The zero-order chi connectivity index (χ0) is 15.5. The Morgan fingerprint density at radius 1 is 1.33 bits per heavy atom. The van der Waals surface area contributed by atoms with Crippen LogP contribution >= 0.6 is 0 Å². The molecule has 2 rings (SSSR count). The number of amides is 1. The van der Waals surface area contributed by atoms with E-state index in [1.807, 2.05) is 6.07 Å². The molecule has 0 saturated carbocycles. The van der Waals surface area contributed by atoms with Crippen LogP contribution in [0, 0.1) is 0 Å². The van der Waals surface area contributed by atoms with E-state index in [1.165, 1.54) is 0 Å². The summed E-state index contributed by atoms with van der Waals surface area (Å²) in [5, 5.41) is 11.5. The van der Waals surface area contributed by atoms with Gasteiger partial charge in [-0.15, -0.1) is 0 Å². The van der Waals surface area contributed by atoms with Crippen LogP contribution in [0.15, 0.2) is 24.3 Å². The van der Waals surface area contributed by atoms with E-state index < -0.39 is 17.6 Å². The fraction of sp³-hybridized carbons (Fsp3) is 0.467. The molecule has 6 nitrogen and oxygen atoms in total.